The van der Waals surface area contributed by atoms with Crippen molar-refractivity contribution in [3.63, 3.8) is 0 Å². The minimum Gasteiger partial charge on any atom is -0.309 e. The van der Waals surface area contributed by atoms with Crippen LogP contribution in [0.5, 0.6) is 0 Å². The third-order valence-corrected chi connectivity index (χ3v) is 10.6. The van der Waals surface area contributed by atoms with Crippen LogP contribution in [0.25, 0.3) is 100 Å². The highest BCUT2D eigenvalue weighted by atomic mass is 15.1. The fraction of sp³-hybridized carbons (Fsp3) is 0. The molecule has 0 aliphatic heterocycles. The highest BCUT2D eigenvalue weighted by Gasteiger charge is 2.19. The molecule has 11 rings (SSSR count). The predicted octanol–water partition coefficient (Wildman–Crippen LogP) is 12.1. The van der Waals surface area contributed by atoms with E-state index >= 15 is 0 Å². The molecule has 56 heavy (non-hydrogen) atoms. The molecule has 262 valence electrons. The summed E-state index contributed by atoms with van der Waals surface area (Å²) in [6, 6.07) is 65.5. The maximum Gasteiger partial charge on any atom is 0.164 e. The van der Waals surface area contributed by atoms with Crippen LogP contribution in [0.3, 0.4) is 0 Å². The Hall–Kier alpha value is -7.70. The quantitative estimate of drug-likeness (QED) is 0.172. The van der Waals surface area contributed by atoms with E-state index in [1.807, 2.05) is 72.9 Å². The van der Waals surface area contributed by atoms with Crippen molar-refractivity contribution in [1.29, 1.82) is 0 Å². The number of rotatable bonds is 6. The zero-order valence-corrected chi connectivity index (χ0v) is 30.2. The highest BCUT2D eigenvalue weighted by Crippen LogP contribution is 2.40. The fourth-order valence-corrected chi connectivity index (χ4v) is 8.07. The second-order valence-electron chi connectivity index (χ2n) is 13.9. The molecule has 0 amide bonds. The summed E-state index contributed by atoms with van der Waals surface area (Å²) < 4.78 is 4.66. The first-order chi connectivity index (χ1) is 27.8. The molecule has 0 unspecified atom stereocenters. The van der Waals surface area contributed by atoms with E-state index in [9.17, 15) is 0 Å². The Morgan fingerprint density at radius 1 is 0.339 bits per heavy atom. The van der Waals surface area contributed by atoms with Crippen molar-refractivity contribution in [2.75, 3.05) is 0 Å². The molecule has 0 saturated heterocycles. The van der Waals surface area contributed by atoms with E-state index in [-0.39, 0.29) is 0 Å². The summed E-state index contributed by atoms with van der Waals surface area (Å²) >= 11 is 0. The minimum absolute atomic E-state index is 0.619. The molecule has 4 heterocycles. The van der Waals surface area contributed by atoms with Crippen molar-refractivity contribution in [3.05, 3.63) is 194 Å². The number of hydrogen-bond acceptors (Lipinski definition) is 4. The first-order valence-electron chi connectivity index (χ1n) is 18.7. The molecule has 11 aromatic rings. The summed E-state index contributed by atoms with van der Waals surface area (Å²) in [6.45, 7) is 0. The van der Waals surface area contributed by atoms with Crippen molar-refractivity contribution in [2.45, 2.75) is 0 Å². The summed E-state index contributed by atoms with van der Waals surface area (Å²) in [5.41, 5.74) is 11.6. The van der Waals surface area contributed by atoms with Crippen LogP contribution in [0.15, 0.2) is 194 Å². The van der Waals surface area contributed by atoms with Gasteiger partial charge in [-0.25, -0.2) is 19.9 Å². The lowest BCUT2D eigenvalue weighted by Crippen LogP contribution is -2.00. The van der Waals surface area contributed by atoms with Crippen LogP contribution in [0, 0.1) is 0 Å². The SMILES string of the molecule is c1ccc(-c2nc(-c3ccccc3)nc(-c3ccc(-n4c5cc(-c6cccc7c8ccccc8n(-c8ccccc8)c67)ccc5c5cccnc54)cc3)n2)cc1. The van der Waals surface area contributed by atoms with E-state index in [0.29, 0.717) is 17.5 Å². The van der Waals surface area contributed by atoms with E-state index in [4.69, 9.17) is 19.9 Å². The van der Waals surface area contributed by atoms with Crippen LogP contribution in [0.2, 0.25) is 0 Å². The molecule has 0 aliphatic rings. The summed E-state index contributed by atoms with van der Waals surface area (Å²) in [7, 11) is 0. The van der Waals surface area contributed by atoms with Gasteiger partial charge in [0, 0.05) is 61.4 Å². The van der Waals surface area contributed by atoms with Gasteiger partial charge in [0.25, 0.3) is 0 Å². The second kappa shape index (κ2) is 13.0. The van der Waals surface area contributed by atoms with Gasteiger partial charge in [0.15, 0.2) is 17.5 Å². The number of pyridine rings is 1. The Balaban J connectivity index is 1.08. The fourth-order valence-electron chi connectivity index (χ4n) is 8.07. The standard InChI is InChI=1S/C50H32N6/c1-4-14-33(15-5-1)47-52-48(34-16-6-2-7-17-34)54-49(53-47)35-25-28-38(29-26-35)56-45-32-36(27-30-41(45)43-23-13-31-51-50(43)56)39-21-12-22-42-40-20-10-11-24-44(40)55(46(39)42)37-18-8-3-9-19-37/h1-32H. The Kier molecular flexibility index (Phi) is 7.38. The summed E-state index contributed by atoms with van der Waals surface area (Å²) in [5.74, 6) is 1.90. The Morgan fingerprint density at radius 2 is 0.875 bits per heavy atom. The van der Waals surface area contributed by atoms with Gasteiger partial charge in [0.2, 0.25) is 0 Å². The molecule has 0 aliphatic carbocycles. The van der Waals surface area contributed by atoms with Crippen molar-refractivity contribution in [2.24, 2.45) is 0 Å². The van der Waals surface area contributed by atoms with Crippen LogP contribution in [0.4, 0.5) is 0 Å². The molecule has 4 aromatic heterocycles. The first kappa shape index (κ1) is 31.8. The van der Waals surface area contributed by atoms with Gasteiger partial charge in [0.05, 0.1) is 16.6 Å². The van der Waals surface area contributed by atoms with Gasteiger partial charge in [-0.05, 0) is 66.2 Å². The molecular formula is C50H32N6. The number of aromatic nitrogens is 6. The zero-order valence-electron chi connectivity index (χ0n) is 30.2. The van der Waals surface area contributed by atoms with Gasteiger partial charge in [-0.15, -0.1) is 0 Å². The normalized spacial score (nSPS) is 11.6. The summed E-state index contributed by atoms with van der Waals surface area (Å²) in [4.78, 5) is 19.7. The Bertz CT molecular complexity index is 3160. The van der Waals surface area contributed by atoms with Crippen molar-refractivity contribution in [3.8, 4) is 56.7 Å². The average Bonchev–Trinajstić information content (AvgIpc) is 3.80. The largest absolute Gasteiger partial charge is 0.309 e. The Morgan fingerprint density at radius 3 is 1.57 bits per heavy atom. The monoisotopic (exact) mass is 716 g/mol. The minimum atomic E-state index is 0.619. The van der Waals surface area contributed by atoms with E-state index in [0.717, 1.165) is 55.6 Å². The van der Waals surface area contributed by atoms with Crippen LogP contribution >= 0.6 is 0 Å². The van der Waals surface area contributed by atoms with Gasteiger partial charge >= 0.3 is 0 Å². The van der Waals surface area contributed by atoms with Crippen LogP contribution in [0.1, 0.15) is 0 Å². The smallest absolute Gasteiger partial charge is 0.164 e. The van der Waals surface area contributed by atoms with E-state index in [1.165, 1.54) is 27.4 Å². The summed E-state index contributed by atoms with van der Waals surface area (Å²) in [5, 5.41) is 4.71. The van der Waals surface area contributed by atoms with Crippen molar-refractivity contribution < 1.29 is 0 Å². The van der Waals surface area contributed by atoms with Crippen LogP contribution in [-0.2, 0) is 0 Å². The third-order valence-electron chi connectivity index (χ3n) is 10.6. The maximum atomic E-state index is 4.96. The molecule has 7 aromatic carbocycles. The van der Waals surface area contributed by atoms with Gasteiger partial charge in [0.1, 0.15) is 5.65 Å². The Labute approximate surface area is 322 Å². The molecule has 0 saturated carbocycles. The molecule has 6 nitrogen and oxygen atoms in total. The van der Waals surface area contributed by atoms with Gasteiger partial charge < -0.3 is 4.57 Å². The lowest BCUT2D eigenvalue weighted by Gasteiger charge is -2.13. The predicted molar refractivity (Wildman–Crippen MR) is 228 cm³/mol. The maximum absolute atomic E-state index is 4.96. The molecule has 0 atom stereocenters. The zero-order chi connectivity index (χ0) is 37.0. The molecule has 0 N–H and O–H groups in total. The molecule has 0 fully saturated rings. The number of benzene rings is 7. The lowest BCUT2D eigenvalue weighted by molar-refractivity contribution is 1.07. The lowest BCUT2D eigenvalue weighted by atomic mass is 10.0. The molecule has 6 heteroatoms. The molecule has 0 bridgehead atoms. The van der Waals surface area contributed by atoms with Gasteiger partial charge in [-0.3, -0.25) is 4.57 Å². The van der Waals surface area contributed by atoms with Crippen molar-refractivity contribution >= 4 is 43.7 Å². The number of hydrogen-bond donors (Lipinski definition) is 0. The number of para-hydroxylation sites is 3. The second-order valence-corrected chi connectivity index (χ2v) is 13.9. The van der Waals surface area contributed by atoms with Gasteiger partial charge in [-0.1, -0.05) is 127 Å². The van der Waals surface area contributed by atoms with Crippen LogP contribution in [-0.4, -0.2) is 29.1 Å². The average molecular weight is 717 g/mol. The number of fused-ring (bicyclic) bond motifs is 6. The van der Waals surface area contributed by atoms with Crippen LogP contribution < -0.4 is 0 Å². The van der Waals surface area contributed by atoms with E-state index in [2.05, 4.69) is 130 Å². The topological polar surface area (TPSA) is 61.4 Å². The van der Waals surface area contributed by atoms with Crippen molar-refractivity contribution in [1.82, 2.24) is 29.1 Å². The van der Waals surface area contributed by atoms with E-state index < -0.39 is 0 Å². The van der Waals surface area contributed by atoms with Gasteiger partial charge in [-0.2, -0.15) is 0 Å². The molecular weight excluding hydrogens is 685 g/mol. The summed E-state index contributed by atoms with van der Waals surface area (Å²) in [6.07, 6.45) is 1.87. The first-order valence-corrected chi connectivity index (χ1v) is 18.7. The third kappa shape index (κ3) is 5.19. The molecule has 0 radical (unpaired) electrons. The molecule has 0 spiro atoms. The number of nitrogens with zero attached hydrogens (tertiary/aromatic N) is 6. The highest BCUT2D eigenvalue weighted by molar-refractivity contribution is 6.15. The van der Waals surface area contributed by atoms with E-state index in [1.54, 1.807) is 0 Å².